The average Bonchev–Trinajstić information content (AvgIpc) is 2.38. The molecule has 3 heterocycles. The van der Waals surface area contributed by atoms with Crippen molar-refractivity contribution >= 4 is 23.5 Å². The predicted octanol–water partition coefficient (Wildman–Crippen LogP) is 0.341. The molecule has 0 spiro atoms. The highest BCUT2D eigenvalue weighted by molar-refractivity contribution is 5.94. The van der Waals surface area contributed by atoms with Crippen molar-refractivity contribution in [3.63, 3.8) is 0 Å². The van der Waals surface area contributed by atoms with Gasteiger partial charge in [-0.2, -0.15) is 9.97 Å². The first-order valence-corrected chi connectivity index (χ1v) is 6.45. The molecule has 1 saturated heterocycles. The third kappa shape index (κ3) is 2.21. The van der Waals surface area contributed by atoms with Gasteiger partial charge in [-0.15, -0.1) is 0 Å². The number of fused-ring (bicyclic) bond motifs is 1. The van der Waals surface area contributed by atoms with Gasteiger partial charge in [0.25, 0.3) is 0 Å². The number of hydrogen-bond acceptors (Lipinski definition) is 6. The number of nitrogens with zero attached hydrogens (tertiary/aromatic N) is 3. The number of rotatable bonds is 1. The summed E-state index contributed by atoms with van der Waals surface area (Å²) in [5.74, 6) is 1.61. The zero-order valence-electron chi connectivity index (χ0n) is 10.8. The highest BCUT2D eigenvalue weighted by Gasteiger charge is 2.27. The molecular formula is C12H17N5O2. The molecule has 2 aliphatic rings. The Labute approximate surface area is 111 Å². The molecular weight excluding hydrogens is 246 g/mol. The maximum absolute atomic E-state index is 11.6. The van der Waals surface area contributed by atoms with Crippen LogP contribution >= 0.6 is 0 Å². The van der Waals surface area contributed by atoms with Crippen LogP contribution in [0.25, 0.3) is 0 Å². The molecule has 2 aliphatic heterocycles. The third-order valence-electron chi connectivity index (χ3n) is 3.50. The summed E-state index contributed by atoms with van der Waals surface area (Å²) in [5.41, 5.74) is 6.87. The topological polar surface area (TPSA) is 93.4 Å². The minimum atomic E-state index is -0.0222. The standard InChI is InChI=1S/C12H17N5O2/c1-7-6-8(18)14-11-9(7)10(13)15-12(16-11)17-2-4-19-5-3-17/h7H,2-6H2,1H3,(H3,13,14,15,16,18). The van der Waals surface area contributed by atoms with E-state index in [1.165, 1.54) is 0 Å². The lowest BCUT2D eigenvalue weighted by Crippen LogP contribution is -2.38. The van der Waals surface area contributed by atoms with Crippen molar-refractivity contribution in [2.45, 2.75) is 19.3 Å². The van der Waals surface area contributed by atoms with Gasteiger partial charge >= 0.3 is 0 Å². The summed E-state index contributed by atoms with van der Waals surface area (Å²) in [6.45, 7) is 4.75. The molecule has 1 amide bonds. The lowest BCUT2D eigenvalue weighted by atomic mass is 9.95. The summed E-state index contributed by atoms with van der Waals surface area (Å²) in [6, 6.07) is 0. The normalized spacial score (nSPS) is 22.9. The second-order valence-corrected chi connectivity index (χ2v) is 4.92. The van der Waals surface area contributed by atoms with Crippen molar-refractivity contribution < 1.29 is 9.53 Å². The molecule has 1 atom stereocenters. The van der Waals surface area contributed by atoms with Gasteiger partial charge < -0.3 is 20.7 Å². The maximum Gasteiger partial charge on any atom is 0.229 e. The number of carbonyl (C=O) groups excluding carboxylic acids is 1. The Morgan fingerprint density at radius 3 is 2.84 bits per heavy atom. The maximum atomic E-state index is 11.6. The molecule has 19 heavy (non-hydrogen) atoms. The zero-order valence-corrected chi connectivity index (χ0v) is 10.8. The van der Waals surface area contributed by atoms with Gasteiger partial charge in [0.1, 0.15) is 11.6 Å². The molecule has 102 valence electrons. The Bertz CT molecular complexity index is 513. The fourth-order valence-electron chi connectivity index (χ4n) is 2.52. The quantitative estimate of drug-likeness (QED) is 0.759. The number of amides is 1. The van der Waals surface area contributed by atoms with Crippen LogP contribution < -0.4 is 16.0 Å². The van der Waals surface area contributed by atoms with E-state index in [-0.39, 0.29) is 11.8 Å². The Hall–Kier alpha value is -1.89. The minimum absolute atomic E-state index is 0.0222. The number of aromatic nitrogens is 2. The second-order valence-electron chi connectivity index (χ2n) is 4.92. The van der Waals surface area contributed by atoms with Gasteiger partial charge in [-0.25, -0.2) is 0 Å². The van der Waals surface area contributed by atoms with Crippen LogP contribution in [0.3, 0.4) is 0 Å². The van der Waals surface area contributed by atoms with E-state index in [0.717, 1.165) is 18.7 Å². The van der Waals surface area contributed by atoms with E-state index in [4.69, 9.17) is 10.5 Å². The molecule has 7 heteroatoms. The molecule has 0 radical (unpaired) electrons. The van der Waals surface area contributed by atoms with Crippen LogP contribution in [0.2, 0.25) is 0 Å². The van der Waals surface area contributed by atoms with Gasteiger partial charge in [0.05, 0.1) is 13.2 Å². The first-order chi connectivity index (χ1) is 9.15. The largest absolute Gasteiger partial charge is 0.383 e. The van der Waals surface area contributed by atoms with Crippen molar-refractivity contribution in [2.24, 2.45) is 0 Å². The van der Waals surface area contributed by atoms with Crippen LogP contribution in [0.4, 0.5) is 17.6 Å². The fourth-order valence-corrected chi connectivity index (χ4v) is 2.52. The summed E-state index contributed by atoms with van der Waals surface area (Å²) in [5, 5.41) is 2.78. The fraction of sp³-hybridized carbons (Fsp3) is 0.583. The number of nitrogens with one attached hydrogen (secondary N) is 1. The molecule has 1 unspecified atom stereocenters. The Morgan fingerprint density at radius 2 is 2.11 bits per heavy atom. The lowest BCUT2D eigenvalue weighted by Gasteiger charge is -2.29. The van der Waals surface area contributed by atoms with E-state index in [0.29, 0.717) is 37.2 Å². The zero-order chi connectivity index (χ0) is 13.4. The smallest absolute Gasteiger partial charge is 0.229 e. The van der Waals surface area contributed by atoms with E-state index in [9.17, 15) is 4.79 Å². The second kappa shape index (κ2) is 4.65. The van der Waals surface area contributed by atoms with E-state index in [1.54, 1.807) is 0 Å². The summed E-state index contributed by atoms with van der Waals surface area (Å²) in [7, 11) is 0. The van der Waals surface area contributed by atoms with Crippen molar-refractivity contribution in [3.05, 3.63) is 5.56 Å². The Balaban J connectivity index is 1.98. The SMILES string of the molecule is CC1CC(=O)Nc2nc(N3CCOCC3)nc(N)c21. The van der Waals surface area contributed by atoms with Gasteiger partial charge in [0, 0.05) is 25.1 Å². The molecule has 7 nitrogen and oxygen atoms in total. The molecule has 3 N–H and O–H groups in total. The van der Waals surface area contributed by atoms with Crippen LogP contribution in [0.1, 0.15) is 24.8 Å². The molecule has 0 aromatic carbocycles. The van der Waals surface area contributed by atoms with Crippen LogP contribution in [-0.2, 0) is 9.53 Å². The number of hydrogen-bond donors (Lipinski definition) is 2. The Morgan fingerprint density at radius 1 is 1.37 bits per heavy atom. The van der Waals surface area contributed by atoms with Gasteiger partial charge in [-0.1, -0.05) is 6.92 Å². The van der Waals surface area contributed by atoms with Crippen LogP contribution in [0, 0.1) is 0 Å². The van der Waals surface area contributed by atoms with E-state index in [2.05, 4.69) is 15.3 Å². The third-order valence-corrected chi connectivity index (χ3v) is 3.50. The van der Waals surface area contributed by atoms with Crippen molar-refractivity contribution in [2.75, 3.05) is 42.3 Å². The van der Waals surface area contributed by atoms with Gasteiger partial charge in [0.15, 0.2) is 0 Å². The van der Waals surface area contributed by atoms with E-state index >= 15 is 0 Å². The molecule has 1 aromatic rings. The van der Waals surface area contributed by atoms with Gasteiger partial charge in [0.2, 0.25) is 11.9 Å². The monoisotopic (exact) mass is 263 g/mol. The number of anilines is 3. The number of ether oxygens (including phenoxy) is 1. The summed E-state index contributed by atoms with van der Waals surface area (Å²) in [4.78, 5) is 22.4. The number of nitrogens with two attached hydrogens (primary N) is 1. The van der Waals surface area contributed by atoms with Crippen LogP contribution in [-0.4, -0.2) is 42.2 Å². The molecule has 1 aromatic heterocycles. The summed E-state index contributed by atoms with van der Waals surface area (Å²) < 4.78 is 5.30. The predicted molar refractivity (Wildman–Crippen MR) is 71.1 cm³/mol. The van der Waals surface area contributed by atoms with Crippen molar-refractivity contribution in [3.8, 4) is 0 Å². The number of morpholine rings is 1. The Kier molecular flexibility index (Phi) is 2.98. The average molecular weight is 263 g/mol. The molecule has 0 saturated carbocycles. The molecule has 3 rings (SSSR count). The van der Waals surface area contributed by atoms with E-state index < -0.39 is 0 Å². The molecule has 0 aliphatic carbocycles. The number of carbonyl (C=O) groups is 1. The molecule has 1 fully saturated rings. The summed E-state index contributed by atoms with van der Waals surface area (Å²) in [6.07, 6.45) is 0.428. The van der Waals surface area contributed by atoms with E-state index in [1.807, 2.05) is 11.8 Å². The van der Waals surface area contributed by atoms with Gasteiger partial charge in [-0.3, -0.25) is 4.79 Å². The lowest BCUT2D eigenvalue weighted by molar-refractivity contribution is -0.116. The first kappa shape index (κ1) is 12.2. The first-order valence-electron chi connectivity index (χ1n) is 6.45. The van der Waals surface area contributed by atoms with Crippen molar-refractivity contribution in [1.29, 1.82) is 0 Å². The van der Waals surface area contributed by atoms with Crippen LogP contribution in [0.5, 0.6) is 0 Å². The van der Waals surface area contributed by atoms with Gasteiger partial charge in [-0.05, 0) is 5.92 Å². The minimum Gasteiger partial charge on any atom is -0.383 e. The highest BCUT2D eigenvalue weighted by atomic mass is 16.5. The highest BCUT2D eigenvalue weighted by Crippen LogP contribution is 2.35. The van der Waals surface area contributed by atoms with Crippen molar-refractivity contribution in [1.82, 2.24) is 9.97 Å². The molecule has 0 bridgehead atoms. The number of nitrogen functional groups attached to an aromatic ring is 1. The van der Waals surface area contributed by atoms with Crippen LogP contribution in [0.15, 0.2) is 0 Å². The summed E-state index contributed by atoms with van der Waals surface area (Å²) >= 11 is 0.